The van der Waals surface area contributed by atoms with Crippen molar-refractivity contribution in [1.29, 1.82) is 0 Å². The van der Waals surface area contributed by atoms with Crippen LogP contribution >= 0.6 is 0 Å². The summed E-state index contributed by atoms with van der Waals surface area (Å²) in [4.78, 5) is 11.1. The van der Waals surface area contributed by atoms with Gasteiger partial charge in [0.15, 0.2) is 0 Å². The van der Waals surface area contributed by atoms with Crippen molar-refractivity contribution < 1.29 is 9.18 Å². The van der Waals surface area contributed by atoms with E-state index in [4.69, 9.17) is 5.73 Å². The van der Waals surface area contributed by atoms with E-state index in [0.717, 1.165) is 22.6 Å². The molecule has 3 rings (SSSR count). The Kier molecular flexibility index (Phi) is 3.47. The molecule has 2 aromatic carbocycles. The van der Waals surface area contributed by atoms with Crippen LogP contribution < -0.4 is 5.73 Å². The van der Waals surface area contributed by atoms with Crippen molar-refractivity contribution in [3.63, 3.8) is 0 Å². The number of halogens is 1. The Hall–Kier alpha value is -2.95. The van der Waals surface area contributed by atoms with E-state index in [0.29, 0.717) is 5.56 Å². The van der Waals surface area contributed by atoms with Gasteiger partial charge in [0, 0.05) is 11.1 Å². The maximum atomic E-state index is 13.1. The minimum atomic E-state index is -0.470. The highest BCUT2D eigenvalue weighted by atomic mass is 19.1. The van der Waals surface area contributed by atoms with Crippen molar-refractivity contribution in [2.75, 3.05) is 0 Å². The van der Waals surface area contributed by atoms with Crippen LogP contribution in [0.15, 0.2) is 54.6 Å². The number of rotatable bonds is 3. The Morgan fingerprint density at radius 3 is 2.32 bits per heavy atom. The molecule has 1 heterocycles. The fraction of sp³-hybridized carbons (Fsp3) is 0.0588. The van der Waals surface area contributed by atoms with Crippen molar-refractivity contribution in [3.05, 3.63) is 71.7 Å². The molecule has 0 bridgehead atoms. The van der Waals surface area contributed by atoms with E-state index in [1.54, 1.807) is 41.1 Å². The molecule has 4 nitrogen and oxygen atoms in total. The molecule has 0 unspecified atom stereocenters. The fourth-order valence-corrected chi connectivity index (χ4v) is 2.29. The first kappa shape index (κ1) is 14.0. The minimum Gasteiger partial charge on any atom is -0.366 e. The van der Waals surface area contributed by atoms with Crippen molar-refractivity contribution in [3.8, 4) is 16.9 Å². The summed E-state index contributed by atoms with van der Waals surface area (Å²) in [5.41, 5.74) is 9.05. The smallest absolute Gasteiger partial charge is 0.248 e. The summed E-state index contributed by atoms with van der Waals surface area (Å²) >= 11 is 0. The molecular weight excluding hydrogens is 281 g/mol. The molecule has 2 N–H and O–H groups in total. The normalized spacial score (nSPS) is 10.6. The SMILES string of the molecule is Cc1cc(-c2ccc(F)cc2)n(-c2ccc(C(N)=O)cc2)n1. The Morgan fingerprint density at radius 2 is 1.73 bits per heavy atom. The van der Waals surface area contributed by atoms with Crippen LogP contribution in [-0.4, -0.2) is 15.7 Å². The molecule has 0 aliphatic heterocycles. The van der Waals surface area contributed by atoms with Crippen LogP contribution in [-0.2, 0) is 0 Å². The number of aryl methyl sites for hydroxylation is 1. The molecule has 0 atom stereocenters. The number of nitrogens with zero attached hydrogens (tertiary/aromatic N) is 2. The van der Waals surface area contributed by atoms with Gasteiger partial charge in [-0.15, -0.1) is 0 Å². The molecule has 22 heavy (non-hydrogen) atoms. The maximum Gasteiger partial charge on any atom is 0.248 e. The second-order valence-electron chi connectivity index (χ2n) is 5.00. The van der Waals surface area contributed by atoms with Gasteiger partial charge in [-0.05, 0) is 61.5 Å². The van der Waals surface area contributed by atoms with Gasteiger partial charge in [-0.1, -0.05) is 0 Å². The second-order valence-corrected chi connectivity index (χ2v) is 5.00. The lowest BCUT2D eigenvalue weighted by Crippen LogP contribution is -2.10. The van der Waals surface area contributed by atoms with E-state index >= 15 is 0 Å². The van der Waals surface area contributed by atoms with Crippen molar-refractivity contribution in [2.45, 2.75) is 6.92 Å². The summed E-state index contributed by atoms with van der Waals surface area (Å²) in [7, 11) is 0. The number of primary amides is 1. The lowest BCUT2D eigenvalue weighted by Gasteiger charge is -2.08. The summed E-state index contributed by atoms with van der Waals surface area (Å²) in [6.07, 6.45) is 0. The van der Waals surface area contributed by atoms with E-state index in [1.807, 2.05) is 13.0 Å². The second kappa shape index (κ2) is 5.44. The lowest BCUT2D eigenvalue weighted by atomic mass is 10.1. The van der Waals surface area contributed by atoms with E-state index in [1.165, 1.54) is 12.1 Å². The molecule has 1 amide bonds. The zero-order valence-electron chi connectivity index (χ0n) is 12.0. The number of hydrogen-bond acceptors (Lipinski definition) is 2. The standard InChI is InChI=1S/C17H14FN3O/c1-11-10-16(12-2-6-14(18)7-3-12)21(20-11)15-8-4-13(5-9-15)17(19)22/h2-10H,1H3,(H2,19,22). The van der Waals surface area contributed by atoms with Crippen molar-refractivity contribution in [1.82, 2.24) is 9.78 Å². The summed E-state index contributed by atoms with van der Waals surface area (Å²) in [6, 6.07) is 15.0. The Bertz CT molecular complexity index is 820. The molecule has 110 valence electrons. The molecule has 0 radical (unpaired) electrons. The van der Waals surface area contributed by atoms with Crippen LogP contribution in [0.3, 0.4) is 0 Å². The number of benzene rings is 2. The van der Waals surface area contributed by atoms with Gasteiger partial charge in [-0.25, -0.2) is 9.07 Å². The molecule has 0 fully saturated rings. The van der Waals surface area contributed by atoms with E-state index < -0.39 is 5.91 Å². The predicted molar refractivity (Wildman–Crippen MR) is 82.2 cm³/mol. The van der Waals surface area contributed by atoms with E-state index in [-0.39, 0.29) is 5.82 Å². The topological polar surface area (TPSA) is 60.9 Å². The number of aromatic nitrogens is 2. The Labute approximate surface area is 127 Å². The number of carbonyl (C=O) groups is 1. The zero-order valence-corrected chi connectivity index (χ0v) is 12.0. The fourth-order valence-electron chi connectivity index (χ4n) is 2.29. The molecule has 0 aliphatic carbocycles. The van der Waals surface area contributed by atoms with Gasteiger partial charge in [0.25, 0.3) is 0 Å². The monoisotopic (exact) mass is 295 g/mol. The highest BCUT2D eigenvalue weighted by molar-refractivity contribution is 5.92. The van der Waals surface area contributed by atoms with Crippen LogP contribution in [0.1, 0.15) is 16.1 Å². The van der Waals surface area contributed by atoms with Crippen LogP contribution in [0.25, 0.3) is 16.9 Å². The average molecular weight is 295 g/mol. The van der Waals surface area contributed by atoms with Gasteiger partial charge >= 0.3 is 0 Å². The summed E-state index contributed by atoms with van der Waals surface area (Å²) in [6.45, 7) is 1.89. The summed E-state index contributed by atoms with van der Waals surface area (Å²) < 4.78 is 14.8. The van der Waals surface area contributed by atoms with Crippen LogP contribution in [0.5, 0.6) is 0 Å². The number of nitrogens with two attached hydrogens (primary N) is 1. The highest BCUT2D eigenvalue weighted by Gasteiger charge is 2.10. The van der Waals surface area contributed by atoms with Crippen LogP contribution in [0, 0.1) is 12.7 Å². The Balaban J connectivity index is 2.07. The summed E-state index contributed by atoms with van der Waals surface area (Å²) in [5, 5.41) is 4.46. The van der Waals surface area contributed by atoms with Crippen LogP contribution in [0.4, 0.5) is 4.39 Å². The summed E-state index contributed by atoms with van der Waals surface area (Å²) in [5.74, 6) is -0.751. The maximum absolute atomic E-state index is 13.1. The molecule has 0 spiro atoms. The molecular formula is C17H14FN3O. The molecule has 0 saturated carbocycles. The molecule has 0 saturated heterocycles. The number of carbonyl (C=O) groups excluding carboxylic acids is 1. The third-order valence-corrected chi connectivity index (χ3v) is 3.37. The number of hydrogen-bond donors (Lipinski definition) is 1. The molecule has 1 aromatic heterocycles. The van der Waals surface area contributed by atoms with Crippen molar-refractivity contribution >= 4 is 5.91 Å². The largest absolute Gasteiger partial charge is 0.366 e. The first-order valence-electron chi connectivity index (χ1n) is 6.77. The van der Waals surface area contributed by atoms with Gasteiger partial charge in [-0.2, -0.15) is 5.10 Å². The third kappa shape index (κ3) is 2.61. The van der Waals surface area contributed by atoms with Gasteiger partial charge in [0.05, 0.1) is 17.1 Å². The molecule has 3 aromatic rings. The van der Waals surface area contributed by atoms with E-state index in [2.05, 4.69) is 5.10 Å². The van der Waals surface area contributed by atoms with Crippen molar-refractivity contribution in [2.24, 2.45) is 5.73 Å². The molecule has 5 heteroatoms. The highest BCUT2D eigenvalue weighted by Crippen LogP contribution is 2.24. The van der Waals surface area contributed by atoms with Gasteiger partial charge in [0.1, 0.15) is 5.82 Å². The van der Waals surface area contributed by atoms with Gasteiger partial charge in [0.2, 0.25) is 5.91 Å². The quantitative estimate of drug-likeness (QED) is 0.807. The van der Waals surface area contributed by atoms with Gasteiger partial charge < -0.3 is 5.73 Å². The minimum absolute atomic E-state index is 0.280. The number of amides is 1. The van der Waals surface area contributed by atoms with E-state index in [9.17, 15) is 9.18 Å². The molecule has 0 aliphatic rings. The first-order chi connectivity index (χ1) is 10.5. The lowest BCUT2D eigenvalue weighted by molar-refractivity contribution is 0.100. The predicted octanol–water partition coefficient (Wildman–Crippen LogP) is 3.09. The first-order valence-corrected chi connectivity index (χ1v) is 6.77. The average Bonchev–Trinajstić information content (AvgIpc) is 2.90. The Morgan fingerprint density at radius 1 is 1.09 bits per heavy atom. The third-order valence-electron chi connectivity index (χ3n) is 3.37. The van der Waals surface area contributed by atoms with Crippen LogP contribution in [0.2, 0.25) is 0 Å². The zero-order chi connectivity index (χ0) is 15.7. The van der Waals surface area contributed by atoms with Gasteiger partial charge in [-0.3, -0.25) is 4.79 Å².